The molecule has 1 aromatic rings. The van der Waals surface area contributed by atoms with Crippen LogP contribution in [0.4, 0.5) is 0 Å². The van der Waals surface area contributed by atoms with Crippen LogP contribution in [0.15, 0.2) is 4.79 Å². The summed E-state index contributed by atoms with van der Waals surface area (Å²) in [5, 5.41) is 12.1. The molecular formula is C14H21N3O3. The molecule has 6 heteroatoms. The third-order valence-corrected chi connectivity index (χ3v) is 4.00. The van der Waals surface area contributed by atoms with E-state index in [9.17, 15) is 14.7 Å². The van der Waals surface area contributed by atoms with Gasteiger partial charge in [-0.2, -0.15) is 0 Å². The van der Waals surface area contributed by atoms with Crippen molar-refractivity contribution in [1.29, 1.82) is 0 Å². The van der Waals surface area contributed by atoms with Gasteiger partial charge in [0.05, 0.1) is 0 Å². The number of hydrogen-bond donors (Lipinski definition) is 2. The Hall–Kier alpha value is -1.85. The van der Waals surface area contributed by atoms with Crippen LogP contribution in [0.25, 0.3) is 0 Å². The first-order valence-electron chi connectivity index (χ1n) is 7.05. The Morgan fingerprint density at radius 1 is 1.40 bits per heavy atom. The van der Waals surface area contributed by atoms with Gasteiger partial charge in [0.25, 0.3) is 11.5 Å². The zero-order valence-electron chi connectivity index (χ0n) is 12.0. The SMILES string of the molecule is CNC(=O)c1nc(CC2CCCCC2)n(C)c(=O)c1O. The van der Waals surface area contributed by atoms with Crippen LogP contribution in [0.2, 0.25) is 0 Å². The molecule has 1 amide bonds. The molecule has 0 saturated heterocycles. The van der Waals surface area contributed by atoms with Crippen molar-refractivity contribution in [2.24, 2.45) is 13.0 Å². The van der Waals surface area contributed by atoms with Crippen molar-refractivity contribution in [3.05, 3.63) is 21.9 Å². The molecule has 2 N–H and O–H groups in total. The summed E-state index contributed by atoms with van der Waals surface area (Å²) in [6, 6.07) is 0. The molecule has 1 heterocycles. The molecule has 1 fully saturated rings. The first-order valence-corrected chi connectivity index (χ1v) is 7.05. The molecule has 0 bridgehead atoms. The van der Waals surface area contributed by atoms with Crippen LogP contribution in [-0.4, -0.2) is 27.6 Å². The van der Waals surface area contributed by atoms with Crippen molar-refractivity contribution in [2.45, 2.75) is 38.5 Å². The molecular weight excluding hydrogens is 258 g/mol. The zero-order chi connectivity index (χ0) is 14.7. The van der Waals surface area contributed by atoms with E-state index in [0.717, 1.165) is 12.8 Å². The Morgan fingerprint density at radius 2 is 2.05 bits per heavy atom. The van der Waals surface area contributed by atoms with E-state index in [1.165, 1.54) is 30.9 Å². The van der Waals surface area contributed by atoms with Crippen molar-refractivity contribution in [3.63, 3.8) is 0 Å². The van der Waals surface area contributed by atoms with Crippen LogP contribution in [0, 0.1) is 5.92 Å². The maximum atomic E-state index is 12.0. The van der Waals surface area contributed by atoms with Gasteiger partial charge in [-0.25, -0.2) is 4.98 Å². The second kappa shape index (κ2) is 6.07. The second-order valence-corrected chi connectivity index (χ2v) is 5.38. The molecule has 0 radical (unpaired) electrons. The minimum Gasteiger partial charge on any atom is -0.501 e. The first kappa shape index (κ1) is 14.6. The van der Waals surface area contributed by atoms with Gasteiger partial charge in [-0.05, 0) is 5.92 Å². The van der Waals surface area contributed by atoms with Crippen LogP contribution in [0.5, 0.6) is 5.75 Å². The van der Waals surface area contributed by atoms with Crippen LogP contribution in [-0.2, 0) is 13.5 Å². The van der Waals surface area contributed by atoms with Crippen molar-refractivity contribution in [1.82, 2.24) is 14.9 Å². The summed E-state index contributed by atoms with van der Waals surface area (Å²) in [4.78, 5) is 27.8. The average molecular weight is 279 g/mol. The number of nitrogens with zero attached hydrogens (tertiary/aromatic N) is 2. The van der Waals surface area contributed by atoms with Crippen LogP contribution in [0.3, 0.4) is 0 Å². The molecule has 0 aromatic carbocycles. The van der Waals surface area contributed by atoms with Crippen molar-refractivity contribution >= 4 is 5.91 Å². The molecule has 1 aliphatic carbocycles. The number of carbonyl (C=O) groups is 1. The van der Waals surface area contributed by atoms with Gasteiger partial charge in [-0.3, -0.25) is 14.2 Å². The Kier molecular flexibility index (Phi) is 4.42. The van der Waals surface area contributed by atoms with E-state index in [-0.39, 0.29) is 5.69 Å². The molecule has 1 aromatic heterocycles. The molecule has 1 saturated carbocycles. The van der Waals surface area contributed by atoms with Crippen LogP contribution >= 0.6 is 0 Å². The predicted molar refractivity (Wildman–Crippen MR) is 74.8 cm³/mol. The highest BCUT2D eigenvalue weighted by atomic mass is 16.3. The lowest BCUT2D eigenvalue weighted by molar-refractivity contribution is 0.0954. The van der Waals surface area contributed by atoms with Gasteiger partial charge in [0, 0.05) is 20.5 Å². The lowest BCUT2D eigenvalue weighted by Crippen LogP contribution is -2.29. The average Bonchev–Trinajstić information content (AvgIpc) is 2.48. The van der Waals surface area contributed by atoms with Gasteiger partial charge >= 0.3 is 0 Å². The molecule has 110 valence electrons. The standard InChI is InChI=1S/C14H21N3O3/c1-15-13(19)11-12(18)14(20)17(2)10(16-11)8-9-6-4-3-5-7-9/h9,18H,3-8H2,1-2H3,(H,15,19). The van der Waals surface area contributed by atoms with E-state index in [1.807, 2.05) is 0 Å². The molecule has 2 rings (SSSR count). The lowest BCUT2D eigenvalue weighted by Gasteiger charge is -2.22. The van der Waals surface area contributed by atoms with E-state index in [0.29, 0.717) is 18.2 Å². The molecule has 0 atom stereocenters. The quantitative estimate of drug-likeness (QED) is 0.863. The largest absolute Gasteiger partial charge is 0.501 e. The summed E-state index contributed by atoms with van der Waals surface area (Å²) in [7, 11) is 3.03. The number of aromatic hydroxyl groups is 1. The lowest BCUT2D eigenvalue weighted by atomic mass is 9.87. The monoisotopic (exact) mass is 279 g/mol. The van der Waals surface area contributed by atoms with E-state index < -0.39 is 17.2 Å². The fourth-order valence-corrected chi connectivity index (χ4v) is 2.74. The van der Waals surface area contributed by atoms with Gasteiger partial charge in [-0.1, -0.05) is 32.1 Å². The van der Waals surface area contributed by atoms with Crippen molar-refractivity contribution in [2.75, 3.05) is 7.05 Å². The number of rotatable bonds is 3. The normalized spacial score (nSPS) is 16.1. The minimum atomic E-state index is -0.584. The van der Waals surface area contributed by atoms with Gasteiger partial charge in [-0.15, -0.1) is 0 Å². The van der Waals surface area contributed by atoms with Gasteiger partial charge in [0.1, 0.15) is 5.82 Å². The summed E-state index contributed by atoms with van der Waals surface area (Å²) in [6.07, 6.45) is 6.62. The summed E-state index contributed by atoms with van der Waals surface area (Å²) >= 11 is 0. The number of hydrogen-bond acceptors (Lipinski definition) is 4. The number of aromatic nitrogens is 2. The van der Waals surface area contributed by atoms with E-state index in [4.69, 9.17) is 0 Å². The highest BCUT2D eigenvalue weighted by Crippen LogP contribution is 2.26. The number of carbonyl (C=O) groups excluding carboxylic acids is 1. The summed E-state index contributed by atoms with van der Waals surface area (Å²) in [5.74, 6) is -0.0495. The topological polar surface area (TPSA) is 84.2 Å². The third kappa shape index (κ3) is 2.84. The van der Waals surface area contributed by atoms with Crippen LogP contribution < -0.4 is 10.9 Å². The molecule has 20 heavy (non-hydrogen) atoms. The Balaban J connectivity index is 2.34. The molecule has 0 aliphatic heterocycles. The smallest absolute Gasteiger partial charge is 0.296 e. The molecule has 1 aliphatic rings. The van der Waals surface area contributed by atoms with Crippen LogP contribution in [0.1, 0.15) is 48.4 Å². The van der Waals surface area contributed by atoms with Gasteiger partial charge in [0.15, 0.2) is 5.69 Å². The Labute approximate surface area is 117 Å². The molecule has 0 unspecified atom stereocenters. The fraction of sp³-hybridized carbons (Fsp3) is 0.643. The Morgan fingerprint density at radius 3 is 2.65 bits per heavy atom. The summed E-state index contributed by atoms with van der Waals surface area (Å²) < 4.78 is 1.34. The van der Waals surface area contributed by atoms with Crippen molar-refractivity contribution in [3.8, 4) is 5.75 Å². The van der Waals surface area contributed by atoms with E-state index in [2.05, 4.69) is 10.3 Å². The predicted octanol–water partition coefficient (Wildman–Crippen LogP) is 0.968. The van der Waals surface area contributed by atoms with E-state index in [1.54, 1.807) is 7.05 Å². The van der Waals surface area contributed by atoms with Gasteiger partial charge < -0.3 is 10.4 Å². The first-order chi connectivity index (χ1) is 9.54. The Bertz CT molecular complexity index is 560. The third-order valence-electron chi connectivity index (χ3n) is 4.00. The fourth-order valence-electron chi connectivity index (χ4n) is 2.74. The highest BCUT2D eigenvalue weighted by molar-refractivity contribution is 5.94. The zero-order valence-corrected chi connectivity index (χ0v) is 12.0. The number of amides is 1. The summed E-state index contributed by atoms with van der Waals surface area (Å²) in [5.41, 5.74) is -0.745. The number of nitrogens with one attached hydrogen (secondary N) is 1. The highest BCUT2D eigenvalue weighted by Gasteiger charge is 2.21. The van der Waals surface area contributed by atoms with E-state index >= 15 is 0 Å². The minimum absolute atomic E-state index is 0.179. The maximum absolute atomic E-state index is 12.0. The van der Waals surface area contributed by atoms with Gasteiger partial charge in [0.2, 0.25) is 5.75 Å². The second-order valence-electron chi connectivity index (χ2n) is 5.38. The maximum Gasteiger partial charge on any atom is 0.296 e. The summed E-state index contributed by atoms with van der Waals surface area (Å²) in [6.45, 7) is 0. The van der Waals surface area contributed by atoms with Crippen molar-refractivity contribution < 1.29 is 9.90 Å². The molecule has 6 nitrogen and oxygen atoms in total. The molecule has 0 spiro atoms.